The van der Waals surface area contributed by atoms with E-state index in [1.54, 1.807) is 25.1 Å². The molecule has 0 spiro atoms. The summed E-state index contributed by atoms with van der Waals surface area (Å²) in [6, 6.07) is 13.3. The molecule has 4 rings (SSSR count). The summed E-state index contributed by atoms with van der Waals surface area (Å²) in [5.41, 5.74) is 2.67. The SMILES string of the molecule is COc1cc(CCC(C)=O)ccc1OCC1CN(C(=O)CSc2cnc3ccccc3n2)CCO1. The zero-order valence-corrected chi connectivity index (χ0v) is 20.8. The maximum Gasteiger partial charge on any atom is 0.233 e. The van der Waals surface area contributed by atoms with Gasteiger partial charge in [0.05, 0.1) is 43.2 Å². The molecule has 1 unspecified atom stereocenters. The Kier molecular flexibility index (Phi) is 8.54. The molecule has 1 aliphatic rings. The van der Waals surface area contributed by atoms with E-state index in [9.17, 15) is 9.59 Å². The van der Waals surface area contributed by atoms with Crippen LogP contribution in [0.4, 0.5) is 0 Å². The second kappa shape index (κ2) is 12.0. The molecular weight excluding hydrogens is 466 g/mol. The molecule has 1 aliphatic heterocycles. The highest BCUT2D eigenvalue weighted by atomic mass is 32.2. The number of benzene rings is 2. The van der Waals surface area contributed by atoms with Crippen LogP contribution in [-0.2, 0) is 20.7 Å². The number of aryl methyl sites for hydroxylation is 1. The van der Waals surface area contributed by atoms with Gasteiger partial charge in [-0.25, -0.2) is 4.98 Å². The quantitative estimate of drug-likeness (QED) is 0.395. The standard InChI is InChI=1S/C26H29N3O5S/c1-18(30)7-8-19-9-10-23(24(13-19)32-2)34-16-20-15-29(11-12-33-20)26(31)17-35-25-14-27-21-5-3-4-6-22(21)28-25/h3-6,9-10,13-14,20H,7-8,11-12,15-17H2,1-2H3. The van der Waals surface area contributed by atoms with Crippen LogP contribution in [-0.4, -0.2) is 71.8 Å². The van der Waals surface area contributed by atoms with Crippen LogP contribution < -0.4 is 9.47 Å². The van der Waals surface area contributed by atoms with Gasteiger partial charge in [-0.2, -0.15) is 0 Å². The van der Waals surface area contributed by atoms with E-state index < -0.39 is 0 Å². The molecule has 0 N–H and O–H groups in total. The van der Waals surface area contributed by atoms with E-state index in [-0.39, 0.29) is 23.5 Å². The van der Waals surface area contributed by atoms with Crippen molar-refractivity contribution in [1.82, 2.24) is 14.9 Å². The van der Waals surface area contributed by atoms with Crippen LogP contribution in [0.1, 0.15) is 18.9 Å². The Labute approximate surface area is 209 Å². The van der Waals surface area contributed by atoms with E-state index in [0.29, 0.717) is 50.6 Å². The summed E-state index contributed by atoms with van der Waals surface area (Å²) < 4.78 is 17.3. The molecule has 184 valence electrons. The van der Waals surface area contributed by atoms with Gasteiger partial charge in [0.1, 0.15) is 23.5 Å². The van der Waals surface area contributed by atoms with E-state index in [2.05, 4.69) is 9.97 Å². The number of hydrogen-bond acceptors (Lipinski definition) is 8. The van der Waals surface area contributed by atoms with Crippen LogP contribution in [0.2, 0.25) is 0 Å². The lowest BCUT2D eigenvalue weighted by molar-refractivity contribution is -0.137. The van der Waals surface area contributed by atoms with Gasteiger partial charge in [0.25, 0.3) is 0 Å². The number of hydrogen-bond donors (Lipinski definition) is 0. The summed E-state index contributed by atoms with van der Waals surface area (Å²) in [5, 5.41) is 0.726. The van der Waals surface area contributed by atoms with Crippen LogP contribution in [0, 0.1) is 0 Å². The Hall–Kier alpha value is -3.17. The summed E-state index contributed by atoms with van der Waals surface area (Å²) in [7, 11) is 1.59. The molecule has 0 aliphatic carbocycles. The number of Topliss-reactive ketones (excluding diaryl/α,β-unsaturated/α-hetero) is 1. The molecule has 35 heavy (non-hydrogen) atoms. The van der Waals surface area contributed by atoms with Gasteiger partial charge in [-0.1, -0.05) is 30.0 Å². The van der Waals surface area contributed by atoms with Gasteiger partial charge in [0.15, 0.2) is 11.5 Å². The molecule has 1 aromatic heterocycles. The number of aromatic nitrogens is 2. The molecule has 1 amide bonds. The fraction of sp³-hybridized carbons (Fsp3) is 0.385. The fourth-order valence-corrected chi connectivity index (χ4v) is 4.52. The third-order valence-corrected chi connectivity index (χ3v) is 6.56. The van der Waals surface area contributed by atoms with Crippen molar-refractivity contribution in [3.63, 3.8) is 0 Å². The average molecular weight is 496 g/mol. The summed E-state index contributed by atoms with van der Waals surface area (Å²) in [5.74, 6) is 1.70. The molecule has 1 fully saturated rings. The van der Waals surface area contributed by atoms with Gasteiger partial charge in [0.2, 0.25) is 5.91 Å². The van der Waals surface area contributed by atoms with E-state index in [4.69, 9.17) is 14.2 Å². The van der Waals surface area contributed by atoms with Crippen molar-refractivity contribution in [2.45, 2.75) is 30.9 Å². The highest BCUT2D eigenvalue weighted by Crippen LogP contribution is 2.29. The predicted molar refractivity (Wildman–Crippen MR) is 134 cm³/mol. The first-order valence-electron chi connectivity index (χ1n) is 11.5. The molecular formula is C26H29N3O5S. The lowest BCUT2D eigenvalue weighted by atomic mass is 10.1. The molecule has 8 nitrogen and oxygen atoms in total. The minimum Gasteiger partial charge on any atom is -0.493 e. The van der Waals surface area contributed by atoms with Gasteiger partial charge in [-0.3, -0.25) is 9.78 Å². The Morgan fingerprint density at radius 1 is 1.17 bits per heavy atom. The third kappa shape index (κ3) is 6.93. The van der Waals surface area contributed by atoms with Crippen molar-refractivity contribution < 1.29 is 23.8 Å². The summed E-state index contributed by atoms with van der Waals surface area (Å²) in [6.45, 7) is 3.36. The number of rotatable bonds is 10. The van der Waals surface area contributed by atoms with E-state index >= 15 is 0 Å². The number of methoxy groups -OCH3 is 1. The van der Waals surface area contributed by atoms with E-state index in [1.165, 1.54) is 11.8 Å². The van der Waals surface area contributed by atoms with Crippen molar-refractivity contribution >= 4 is 34.5 Å². The molecule has 0 bridgehead atoms. The van der Waals surface area contributed by atoms with Gasteiger partial charge in [-0.15, -0.1) is 0 Å². The van der Waals surface area contributed by atoms with Crippen LogP contribution >= 0.6 is 11.8 Å². The van der Waals surface area contributed by atoms with Crippen molar-refractivity contribution in [3.8, 4) is 11.5 Å². The second-order valence-corrected chi connectivity index (χ2v) is 9.31. The smallest absolute Gasteiger partial charge is 0.233 e. The van der Waals surface area contributed by atoms with E-state index in [1.807, 2.05) is 42.5 Å². The number of amides is 1. The lowest BCUT2D eigenvalue weighted by Gasteiger charge is -2.33. The first-order chi connectivity index (χ1) is 17.0. The van der Waals surface area contributed by atoms with Gasteiger partial charge in [-0.05, 0) is 43.2 Å². The maximum atomic E-state index is 12.8. The fourth-order valence-electron chi connectivity index (χ4n) is 3.77. The molecule has 9 heteroatoms. The maximum absolute atomic E-state index is 12.8. The van der Waals surface area contributed by atoms with Gasteiger partial charge < -0.3 is 23.9 Å². The zero-order chi connectivity index (χ0) is 24.6. The van der Waals surface area contributed by atoms with Crippen molar-refractivity contribution in [2.24, 2.45) is 0 Å². The predicted octanol–water partition coefficient (Wildman–Crippen LogP) is 3.56. The number of ketones is 1. The van der Waals surface area contributed by atoms with Crippen LogP contribution in [0.25, 0.3) is 11.0 Å². The molecule has 3 aromatic rings. The number of thioether (sulfide) groups is 1. The summed E-state index contributed by atoms with van der Waals surface area (Å²) in [4.78, 5) is 34.8. The minimum atomic E-state index is -0.236. The first kappa shape index (κ1) is 24.9. The highest BCUT2D eigenvalue weighted by molar-refractivity contribution is 7.99. The Morgan fingerprint density at radius 3 is 2.80 bits per heavy atom. The third-order valence-electron chi connectivity index (χ3n) is 5.68. The van der Waals surface area contributed by atoms with Crippen LogP contribution in [0.15, 0.2) is 53.7 Å². The zero-order valence-electron chi connectivity index (χ0n) is 19.9. The Bertz CT molecular complexity index is 1190. The number of morpholine rings is 1. The number of fused-ring (bicyclic) bond motifs is 1. The number of nitrogens with zero attached hydrogens (tertiary/aromatic N) is 3. The summed E-state index contributed by atoms with van der Waals surface area (Å²) >= 11 is 1.39. The van der Waals surface area contributed by atoms with Crippen molar-refractivity contribution in [2.75, 3.05) is 39.2 Å². The summed E-state index contributed by atoms with van der Waals surface area (Å²) in [6.07, 6.45) is 2.63. The largest absolute Gasteiger partial charge is 0.493 e. The Balaban J connectivity index is 1.28. The van der Waals surface area contributed by atoms with Crippen LogP contribution in [0.3, 0.4) is 0 Å². The molecule has 0 saturated carbocycles. The van der Waals surface area contributed by atoms with Crippen molar-refractivity contribution in [3.05, 3.63) is 54.2 Å². The molecule has 1 atom stereocenters. The first-order valence-corrected chi connectivity index (χ1v) is 12.5. The molecule has 0 radical (unpaired) electrons. The van der Waals surface area contributed by atoms with Crippen LogP contribution in [0.5, 0.6) is 11.5 Å². The van der Waals surface area contributed by atoms with E-state index in [0.717, 1.165) is 21.6 Å². The minimum absolute atomic E-state index is 0.0330. The second-order valence-electron chi connectivity index (χ2n) is 8.32. The van der Waals surface area contributed by atoms with Gasteiger partial charge in [0, 0.05) is 13.0 Å². The number of para-hydroxylation sites is 2. The average Bonchev–Trinajstić information content (AvgIpc) is 2.89. The topological polar surface area (TPSA) is 90.9 Å². The lowest BCUT2D eigenvalue weighted by Crippen LogP contribution is -2.48. The number of carbonyl (C=O) groups excluding carboxylic acids is 2. The Morgan fingerprint density at radius 2 is 2.00 bits per heavy atom. The molecule has 2 aromatic carbocycles. The highest BCUT2D eigenvalue weighted by Gasteiger charge is 2.25. The monoisotopic (exact) mass is 495 g/mol. The molecule has 2 heterocycles. The number of ether oxygens (including phenoxy) is 3. The van der Waals surface area contributed by atoms with Crippen molar-refractivity contribution in [1.29, 1.82) is 0 Å². The van der Waals surface area contributed by atoms with Gasteiger partial charge >= 0.3 is 0 Å². The molecule has 1 saturated heterocycles. The normalized spacial score (nSPS) is 15.7. The number of carbonyl (C=O) groups is 2.